The van der Waals surface area contributed by atoms with Crippen molar-refractivity contribution in [3.05, 3.63) is 105 Å². The Labute approximate surface area is 221 Å². The van der Waals surface area contributed by atoms with E-state index >= 15 is 0 Å². The third-order valence-corrected chi connectivity index (χ3v) is 6.20. The summed E-state index contributed by atoms with van der Waals surface area (Å²) in [5, 5.41) is 3.22. The minimum absolute atomic E-state index is 0.766. The van der Waals surface area contributed by atoms with Gasteiger partial charge in [0.25, 0.3) is 0 Å². The number of aromatic nitrogens is 7. The molecular weight excluding hydrogens is 470 g/mol. The van der Waals surface area contributed by atoms with Gasteiger partial charge in [-0.1, -0.05) is 26.8 Å². The summed E-state index contributed by atoms with van der Waals surface area (Å²) in [5.74, 6) is 0.766. The normalized spacial score (nSPS) is 10.7. The van der Waals surface area contributed by atoms with E-state index in [-0.39, 0.29) is 0 Å². The van der Waals surface area contributed by atoms with Crippen LogP contribution in [0.2, 0.25) is 0 Å². The first-order chi connectivity index (χ1) is 18.8. The van der Waals surface area contributed by atoms with Crippen molar-refractivity contribution < 1.29 is 0 Å². The van der Waals surface area contributed by atoms with E-state index in [1.54, 1.807) is 18.6 Å². The van der Waals surface area contributed by atoms with Gasteiger partial charge in [-0.15, -0.1) is 6.58 Å². The van der Waals surface area contributed by atoms with Crippen LogP contribution in [0.1, 0.15) is 27.2 Å². The van der Waals surface area contributed by atoms with Crippen LogP contribution in [-0.4, -0.2) is 34.1 Å². The first-order valence-corrected chi connectivity index (χ1v) is 12.8. The van der Waals surface area contributed by atoms with E-state index in [0.29, 0.717) is 0 Å². The summed E-state index contributed by atoms with van der Waals surface area (Å²) in [4.78, 5) is 22.2. The maximum absolute atomic E-state index is 4.70. The molecule has 7 nitrogen and oxygen atoms in total. The van der Waals surface area contributed by atoms with Crippen molar-refractivity contribution in [1.82, 2.24) is 34.1 Å². The van der Waals surface area contributed by atoms with Crippen LogP contribution in [-0.2, 0) is 0 Å². The Hall–Kier alpha value is -4.91. The smallest absolute Gasteiger partial charge is 0.156 e. The summed E-state index contributed by atoms with van der Waals surface area (Å²) in [7, 11) is 0. The molecule has 0 aliphatic heterocycles. The predicted octanol–water partition coefficient (Wildman–Crippen LogP) is 7.46. The average Bonchev–Trinajstić information content (AvgIpc) is 3.51. The molecule has 0 saturated carbocycles. The summed E-state index contributed by atoms with van der Waals surface area (Å²) in [6.45, 7) is 9.54. The average molecular weight is 500 g/mol. The molecule has 0 aliphatic rings. The van der Waals surface area contributed by atoms with E-state index in [1.807, 2.05) is 69.1 Å². The number of pyridine rings is 3. The first kappa shape index (κ1) is 24.8. The predicted molar refractivity (Wildman–Crippen MR) is 156 cm³/mol. The van der Waals surface area contributed by atoms with Crippen molar-refractivity contribution >= 4 is 43.7 Å². The number of hydrogen-bond acceptors (Lipinski definition) is 5. The molecule has 0 unspecified atom stereocenters. The van der Waals surface area contributed by atoms with Gasteiger partial charge >= 0.3 is 0 Å². The minimum Gasteiger partial charge on any atom is -0.309 e. The number of hydrogen-bond donors (Lipinski definition) is 0. The molecular formula is C31H29N7. The van der Waals surface area contributed by atoms with Crippen molar-refractivity contribution in [1.29, 1.82) is 0 Å². The van der Waals surface area contributed by atoms with Crippen LogP contribution in [0.3, 0.4) is 0 Å². The van der Waals surface area contributed by atoms with Crippen LogP contribution in [0.25, 0.3) is 55.2 Å². The summed E-state index contributed by atoms with van der Waals surface area (Å²) >= 11 is 0. The van der Waals surface area contributed by atoms with Crippen LogP contribution in [0, 0.1) is 0 Å². The molecule has 7 aromatic rings. The molecule has 0 N–H and O–H groups in total. The molecule has 7 heteroatoms. The second kappa shape index (κ2) is 11.0. The Morgan fingerprint density at radius 1 is 0.684 bits per heavy atom. The van der Waals surface area contributed by atoms with Crippen molar-refractivity contribution in [2.24, 2.45) is 0 Å². The minimum atomic E-state index is 0.766. The molecule has 6 heterocycles. The van der Waals surface area contributed by atoms with Gasteiger partial charge in [-0.2, -0.15) is 0 Å². The molecule has 0 amide bonds. The lowest BCUT2D eigenvalue weighted by Gasteiger charge is -2.09. The molecule has 0 spiro atoms. The molecule has 0 saturated heterocycles. The Morgan fingerprint density at radius 3 is 1.97 bits per heavy atom. The van der Waals surface area contributed by atoms with Crippen LogP contribution < -0.4 is 0 Å². The molecule has 1 aromatic carbocycles. The Bertz CT molecular complexity index is 1800. The number of nitrogens with zero attached hydrogens (tertiary/aromatic N) is 7. The zero-order chi connectivity index (χ0) is 26.5. The van der Waals surface area contributed by atoms with Crippen LogP contribution >= 0.6 is 0 Å². The van der Waals surface area contributed by atoms with Gasteiger partial charge in [0, 0.05) is 65.2 Å². The van der Waals surface area contributed by atoms with Gasteiger partial charge in [-0.3, -0.25) is 24.5 Å². The van der Waals surface area contributed by atoms with Crippen LogP contribution in [0.4, 0.5) is 0 Å². The topological polar surface area (TPSA) is 74.3 Å². The van der Waals surface area contributed by atoms with Crippen molar-refractivity contribution in [2.75, 3.05) is 0 Å². The fraction of sp³-hybridized carbons (Fsp3) is 0.129. The second-order valence-electron chi connectivity index (χ2n) is 8.29. The van der Waals surface area contributed by atoms with Gasteiger partial charge in [-0.25, -0.2) is 4.98 Å². The highest BCUT2D eigenvalue weighted by molar-refractivity contribution is 6.10. The van der Waals surface area contributed by atoms with Gasteiger partial charge < -0.3 is 4.57 Å². The highest BCUT2D eigenvalue weighted by Gasteiger charge is 2.17. The monoisotopic (exact) mass is 499 g/mol. The highest BCUT2D eigenvalue weighted by atomic mass is 15.1. The molecule has 0 fully saturated rings. The largest absolute Gasteiger partial charge is 0.309 e. The SMILES string of the molecule is C=CCC.CC.c1cnc2c3cc(-n4c5ccncc5c5cnccc54)ccc3n(-c3cnccn3)c2c1. The molecule has 188 valence electrons. The molecule has 0 radical (unpaired) electrons. The van der Waals surface area contributed by atoms with Crippen LogP contribution in [0.5, 0.6) is 0 Å². The van der Waals surface area contributed by atoms with Gasteiger partial charge in [0.05, 0.1) is 33.8 Å². The molecule has 6 aromatic heterocycles. The maximum atomic E-state index is 4.70. The fourth-order valence-corrected chi connectivity index (χ4v) is 4.60. The quantitative estimate of drug-likeness (QED) is 0.236. The number of allylic oxidation sites excluding steroid dienone is 1. The number of rotatable bonds is 3. The number of fused-ring (bicyclic) bond motifs is 6. The molecule has 0 atom stereocenters. The molecule has 0 aliphatic carbocycles. The van der Waals surface area contributed by atoms with E-state index in [4.69, 9.17) is 4.98 Å². The summed E-state index contributed by atoms with van der Waals surface area (Å²) in [6, 6.07) is 14.5. The zero-order valence-electron chi connectivity index (χ0n) is 21.8. The van der Waals surface area contributed by atoms with Gasteiger partial charge in [0.15, 0.2) is 5.82 Å². The van der Waals surface area contributed by atoms with Gasteiger partial charge in [0.2, 0.25) is 0 Å². The van der Waals surface area contributed by atoms with Crippen molar-refractivity contribution in [3.8, 4) is 11.5 Å². The number of benzene rings is 1. The molecule has 7 rings (SSSR count). The Morgan fingerprint density at radius 2 is 1.34 bits per heavy atom. The lowest BCUT2D eigenvalue weighted by molar-refractivity contribution is 1.04. The lowest BCUT2D eigenvalue weighted by Crippen LogP contribution is -1.98. The van der Waals surface area contributed by atoms with Crippen molar-refractivity contribution in [2.45, 2.75) is 27.2 Å². The Balaban J connectivity index is 0.000000451. The summed E-state index contributed by atoms with van der Waals surface area (Å²) < 4.78 is 4.36. The van der Waals surface area contributed by atoms with Crippen molar-refractivity contribution in [3.63, 3.8) is 0 Å². The van der Waals surface area contributed by atoms with Gasteiger partial charge in [-0.05, 0) is 48.9 Å². The lowest BCUT2D eigenvalue weighted by atomic mass is 10.2. The third kappa shape index (κ3) is 4.18. The van der Waals surface area contributed by atoms with E-state index in [1.165, 1.54) is 0 Å². The highest BCUT2D eigenvalue weighted by Crippen LogP contribution is 2.35. The summed E-state index contributed by atoms with van der Waals surface area (Å²) in [6.07, 6.45) is 17.4. The van der Waals surface area contributed by atoms with E-state index in [0.717, 1.165) is 61.7 Å². The first-order valence-electron chi connectivity index (χ1n) is 12.8. The standard InChI is InChI=1S/C25H15N7.C4H8.C2H6/c1-2-23-25(30-7-1)17-12-16(3-4-20(17)32(23)24-15-28-10-11-29-24)31-21-5-8-26-13-18(21)19-14-27-9-6-22(19)31;1-3-4-2;1-2/h1-15H;3H,1,4H2,2H3;1-2H3. The van der Waals surface area contributed by atoms with E-state index < -0.39 is 0 Å². The van der Waals surface area contributed by atoms with E-state index in [2.05, 4.69) is 66.8 Å². The van der Waals surface area contributed by atoms with E-state index in [9.17, 15) is 0 Å². The fourth-order valence-electron chi connectivity index (χ4n) is 4.60. The third-order valence-electron chi connectivity index (χ3n) is 6.20. The van der Waals surface area contributed by atoms with Crippen LogP contribution in [0.15, 0.2) is 105 Å². The maximum Gasteiger partial charge on any atom is 0.156 e. The zero-order valence-corrected chi connectivity index (χ0v) is 21.8. The molecule has 0 bridgehead atoms. The second-order valence-corrected chi connectivity index (χ2v) is 8.29. The van der Waals surface area contributed by atoms with Gasteiger partial charge in [0.1, 0.15) is 0 Å². The summed E-state index contributed by atoms with van der Waals surface area (Å²) in [5.41, 5.74) is 6.20. The molecule has 38 heavy (non-hydrogen) atoms. The Kier molecular flexibility index (Phi) is 7.17.